The van der Waals surface area contributed by atoms with Crippen molar-refractivity contribution in [3.8, 4) is 5.75 Å². The van der Waals surface area contributed by atoms with Crippen molar-refractivity contribution in [3.63, 3.8) is 0 Å². The number of nitro benzene ring substituents is 1. The summed E-state index contributed by atoms with van der Waals surface area (Å²) in [6.45, 7) is 5.62. The minimum atomic E-state index is -0.351. The Hall–Kier alpha value is -1.86. The molecule has 1 aromatic carbocycles. The van der Waals surface area contributed by atoms with Gasteiger partial charge in [-0.1, -0.05) is 6.07 Å². The summed E-state index contributed by atoms with van der Waals surface area (Å²) in [7, 11) is 1.47. The molecule has 1 N–H and O–H groups in total. The lowest BCUT2D eigenvalue weighted by Crippen LogP contribution is -2.61. The highest BCUT2D eigenvalue weighted by Gasteiger charge is 2.31. The fourth-order valence-electron chi connectivity index (χ4n) is 2.97. The van der Waals surface area contributed by atoms with Crippen LogP contribution >= 0.6 is 0 Å². The first-order chi connectivity index (χ1) is 10.2. The molecule has 21 heavy (non-hydrogen) atoms. The van der Waals surface area contributed by atoms with Crippen molar-refractivity contribution in [3.05, 3.63) is 28.3 Å². The molecular formula is C14H20N4O3. The maximum absolute atomic E-state index is 11.4. The summed E-state index contributed by atoms with van der Waals surface area (Å²) in [4.78, 5) is 15.5. The van der Waals surface area contributed by atoms with E-state index >= 15 is 0 Å². The second-order valence-corrected chi connectivity index (χ2v) is 5.42. The van der Waals surface area contributed by atoms with Gasteiger partial charge in [-0.15, -0.1) is 0 Å². The Morgan fingerprint density at radius 2 is 2.00 bits per heavy atom. The summed E-state index contributed by atoms with van der Waals surface area (Å²) in [6, 6.07) is 5.88. The number of nitro groups is 1. The number of ether oxygens (including phenoxy) is 1. The third-order valence-corrected chi connectivity index (χ3v) is 4.31. The number of benzene rings is 1. The van der Waals surface area contributed by atoms with Gasteiger partial charge in [0.2, 0.25) is 0 Å². The zero-order valence-electron chi connectivity index (χ0n) is 12.1. The van der Waals surface area contributed by atoms with Crippen molar-refractivity contribution < 1.29 is 9.66 Å². The molecule has 114 valence electrons. The summed E-state index contributed by atoms with van der Waals surface area (Å²) in [6.07, 6.45) is 0. The van der Waals surface area contributed by atoms with Gasteiger partial charge in [-0.3, -0.25) is 15.0 Å². The topological polar surface area (TPSA) is 70.9 Å². The van der Waals surface area contributed by atoms with Crippen LogP contribution in [0.15, 0.2) is 18.2 Å². The maximum atomic E-state index is 11.4. The normalized spacial score (nSPS) is 20.1. The maximum Gasteiger partial charge on any atom is 0.333 e. The Morgan fingerprint density at radius 3 is 2.52 bits per heavy atom. The van der Waals surface area contributed by atoms with Crippen molar-refractivity contribution in [2.75, 3.05) is 51.3 Å². The number of para-hydroxylation sites is 1. The Labute approximate surface area is 123 Å². The van der Waals surface area contributed by atoms with Gasteiger partial charge in [-0.05, 0) is 12.1 Å². The lowest BCUT2D eigenvalue weighted by atomic mass is 10.1. The zero-order chi connectivity index (χ0) is 14.8. The Bertz CT molecular complexity index is 525. The van der Waals surface area contributed by atoms with E-state index in [1.807, 2.05) is 6.07 Å². The first-order valence-corrected chi connectivity index (χ1v) is 7.22. The molecule has 0 unspecified atom stereocenters. The van der Waals surface area contributed by atoms with Crippen LogP contribution in [0.25, 0.3) is 0 Å². The van der Waals surface area contributed by atoms with Crippen molar-refractivity contribution >= 4 is 11.4 Å². The molecule has 0 saturated carbocycles. The number of hydrogen-bond donors (Lipinski definition) is 1. The largest absolute Gasteiger partial charge is 0.490 e. The molecule has 2 aliphatic heterocycles. The second kappa shape index (κ2) is 5.87. The van der Waals surface area contributed by atoms with Crippen LogP contribution in [-0.2, 0) is 0 Å². The van der Waals surface area contributed by atoms with Gasteiger partial charge in [0.25, 0.3) is 0 Å². The van der Waals surface area contributed by atoms with E-state index < -0.39 is 0 Å². The molecule has 0 atom stereocenters. The number of methoxy groups -OCH3 is 1. The van der Waals surface area contributed by atoms with E-state index in [1.54, 1.807) is 12.1 Å². The molecule has 0 bridgehead atoms. The number of hydrogen-bond acceptors (Lipinski definition) is 6. The molecule has 2 fully saturated rings. The highest BCUT2D eigenvalue weighted by Crippen LogP contribution is 2.37. The number of piperazine rings is 1. The quantitative estimate of drug-likeness (QED) is 0.650. The van der Waals surface area contributed by atoms with E-state index in [2.05, 4.69) is 15.1 Å². The van der Waals surface area contributed by atoms with Gasteiger partial charge in [0.05, 0.1) is 12.0 Å². The molecule has 0 amide bonds. The highest BCUT2D eigenvalue weighted by molar-refractivity contribution is 5.70. The predicted molar refractivity (Wildman–Crippen MR) is 80.1 cm³/mol. The summed E-state index contributed by atoms with van der Waals surface area (Å²) in [5.41, 5.74) is 0.726. The fourth-order valence-corrected chi connectivity index (χ4v) is 2.97. The first-order valence-electron chi connectivity index (χ1n) is 7.22. The third kappa shape index (κ3) is 2.66. The van der Waals surface area contributed by atoms with Crippen LogP contribution < -0.4 is 15.0 Å². The van der Waals surface area contributed by atoms with Gasteiger partial charge in [0, 0.05) is 45.3 Å². The number of nitrogens with one attached hydrogen (secondary N) is 1. The molecule has 2 heterocycles. The molecule has 0 spiro atoms. The molecule has 0 aromatic heterocycles. The van der Waals surface area contributed by atoms with Crippen LogP contribution in [0, 0.1) is 10.1 Å². The molecular weight excluding hydrogens is 272 g/mol. The summed E-state index contributed by atoms with van der Waals surface area (Å²) < 4.78 is 5.14. The zero-order valence-corrected chi connectivity index (χ0v) is 12.1. The summed E-state index contributed by atoms with van der Waals surface area (Å²) in [5.74, 6) is 0.322. The van der Waals surface area contributed by atoms with Gasteiger partial charge < -0.3 is 15.0 Å². The van der Waals surface area contributed by atoms with Crippen LogP contribution in [-0.4, -0.2) is 62.2 Å². The Balaban J connectivity index is 1.76. The lowest BCUT2D eigenvalue weighted by molar-refractivity contribution is -0.385. The van der Waals surface area contributed by atoms with Crippen LogP contribution in [0.4, 0.5) is 11.4 Å². The third-order valence-electron chi connectivity index (χ3n) is 4.31. The van der Waals surface area contributed by atoms with Crippen molar-refractivity contribution in [2.45, 2.75) is 6.04 Å². The molecule has 7 nitrogen and oxygen atoms in total. The van der Waals surface area contributed by atoms with Gasteiger partial charge in [-0.2, -0.15) is 0 Å². The Kier molecular flexibility index (Phi) is 3.94. The lowest BCUT2D eigenvalue weighted by Gasteiger charge is -2.43. The molecule has 2 aliphatic rings. The van der Waals surface area contributed by atoms with Crippen molar-refractivity contribution in [2.24, 2.45) is 0 Å². The fraction of sp³-hybridized carbons (Fsp3) is 0.571. The SMILES string of the molecule is COc1cccc(N2CCN(C3CNC3)CC2)c1[N+](=O)[O-]. The van der Waals surface area contributed by atoms with Crippen LogP contribution in [0.5, 0.6) is 5.75 Å². The average Bonchev–Trinajstić information content (AvgIpc) is 2.45. The van der Waals surface area contributed by atoms with Gasteiger partial charge >= 0.3 is 5.69 Å². The Morgan fingerprint density at radius 1 is 1.29 bits per heavy atom. The van der Waals surface area contributed by atoms with Crippen LogP contribution in [0.2, 0.25) is 0 Å². The van der Waals surface area contributed by atoms with Gasteiger partial charge in [0.15, 0.2) is 5.75 Å². The van der Waals surface area contributed by atoms with Crippen molar-refractivity contribution in [1.29, 1.82) is 0 Å². The number of rotatable bonds is 4. The molecule has 0 aliphatic carbocycles. The first kappa shape index (κ1) is 14.1. The predicted octanol–water partition coefficient (Wildman–Crippen LogP) is 0.697. The smallest absolute Gasteiger partial charge is 0.333 e. The van der Waals surface area contributed by atoms with E-state index in [-0.39, 0.29) is 10.6 Å². The van der Waals surface area contributed by atoms with E-state index in [1.165, 1.54) is 7.11 Å². The monoisotopic (exact) mass is 292 g/mol. The summed E-state index contributed by atoms with van der Waals surface area (Å²) >= 11 is 0. The molecule has 1 aromatic rings. The molecule has 7 heteroatoms. The van der Waals surface area contributed by atoms with Crippen LogP contribution in [0.3, 0.4) is 0 Å². The molecule has 2 saturated heterocycles. The molecule has 0 radical (unpaired) electrons. The number of nitrogens with zero attached hydrogens (tertiary/aromatic N) is 3. The van der Waals surface area contributed by atoms with E-state index in [0.29, 0.717) is 17.5 Å². The average molecular weight is 292 g/mol. The van der Waals surface area contributed by atoms with E-state index in [0.717, 1.165) is 39.3 Å². The molecule has 3 rings (SSSR count). The van der Waals surface area contributed by atoms with E-state index in [9.17, 15) is 10.1 Å². The minimum Gasteiger partial charge on any atom is -0.490 e. The highest BCUT2D eigenvalue weighted by atomic mass is 16.6. The standard InChI is InChI=1S/C14H20N4O3/c1-21-13-4-2-3-12(14(13)18(19)20)17-7-5-16(6-8-17)11-9-15-10-11/h2-4,11,15H,5-10H2,1H3. The minimum absolute atomic E-state index is 0.0683. The van der Waals surface area contributed by atoms with E-state index in [4.69, 9.17) is 4.74 Å². The van der Waals surface area contributed by atoms with Gasteiger partial charge in [-0.25, -0.2) is 0 Å². The number of anilines is 1. The second-order valence-electron chi connectivity index (χ2n) is 5.42. The van der Waals surface area contributed by atoms with Crippen LogP contribution in [0.1, 0.15) is 0 Å². The van der Waals surface area contributed by atoms with Gasteiger partial charge in [0.1, 0.15) is 5.69 Å². The summed E-state index contributed by atoms with van der Waals surface area (Å²) in [5, 5.41) is 14.6. The van der Waals surface area contributed by atoms with Crippen molar-refractivity contribution in [1.82, 2.24) is 10.2 Å².